The minimum Gasteiger partial charge on any atom is -0.497 e. The molecule has 0 atom stereocenters. The van der Waals surface area contributed by atoms with Gasteiger partial charge in [-0.2, -0.15) is 4.37 Å². The van der Waals surface area contributed by atoms with E-state index >= 15 is 0 Å². The molecular formula is C21H24FN3OS. The molecule has 0 saturated carbocycles. The van der Waals surface area contributed by atoms with Gasteiger partial charge in [-0.25, -0.2) is 9.37 Å². The molecule has 0 aliphatic heterocycles. The Morgan fingerprint density at radius 2 is 1.93 bits per heavy atom. The fourth-order valence-corrected chi connectivity index (χ4v) is 3.51. The van der Waals surface area contributed by atoms with Gasteiger partial charge in [0.25, 0.3) is 0 Å². The van der Waals surface area contributed by atoms with Gasteiger partial charge in [0, 0.05) is 24.9 Å². The van der Waals surface area contributed by atoms with Crippen LogP contribution >= 0.6 is 11.5 Å². The summed E-state index contributed by atoms with van der Waals surface area (Å²) in [5, 5.41) is 4.41. The molecule has 0 spiro atoms. The van der Waals surface area contributed by atoms with Crippen molar-refractivity contribution in [3.63, 3.8) is 0 Å². The third-order valence-corrected chi connectivity index (χ3v) is 5.22. The highest BCUT2D eigenvalue weighted by Crippen LogP contribution is 2.23. The van der Waals surface area contributed by atoms with Gasteiger partial charge < -0.3 is 10.1 Å². The van der Waals surface area contributed by atoms with Crippen molar-refractivity contribution in [2.75, 3.05) is 13.7 Å². The minimum atomic E-state index is -0.208. The van der Waals surface area contributed by atoms with Crippen LogP contribution in [0.2, 0.25) is 0 Å². The Balaban J connectivity index is 1.54. The second kappa shape index (κ2) is 8.59. The first kappa shape index (κ1) is 19.5. The largest absolute Gasteiger partial charge is 0.497 e. The maximum Gasteiger partial charge on any atom is 0.147 e. The van der Waals surface area contributed by atoms with E-state index in [1.165, 1.54) is 23.7 Å². The van der Waals surface area contributed by atoms with Crippen molar-refractivity contribution >= 4 is 11.5 Å². The Hall–Kier alpha value is -2.31. The normalized spacial score (nSPS) is 11.6. The number of nitrogens with zero attached hydrogens (tertiary/aromatic N) is 2. The number of hydrogen-bond donors (Lipinski definition) is 1. The highest BCUT2D eigenvalue weighted by molar-refractivity contribution is 7.05. The Kier molecular flexibility index (Phi) is 6.19. The standard InChI is InChI=1S/C21H24FN3OS/c1-21(2,16-7-9-17(22)10-8-16)14-23-13-20-24-19(25-27-20)12-15-5-4-6-18(11-15)26-3/h4-11,23H,12-14H2,1-3H3. The zero-order valence-electron chi connectivity index (χ0n) is 15.8. The molecule has 2 aromatic carbocycles. The summed E-state index contributed by atoms with van der Waals surface area (Å²) in [7, 11) is 1.66. The van der Waals surface area contributed by atoms with Crippen LogP contribution in [0.3, 0.4) is 0 Å². The van der Waals surface area contributed by atoms with E-state index in [1.54, 1.807) is 7.11 Å². The Morgan fingerprint density at radius 1 is 1.15 bits per heavy atom. The SMILES string of the molecule is COc1cccc(Cc2nsc(CNCC(C)(C)c3ccc(F)cc3)n2)c1. The van der Waals surface area contributed by atoms with Crippen LogP contribution < -0.4 is 10.1 Å². The number of halogens is 1. The molecule has 0 unspecified atom stereocenters. The topological polar surface area (TPSA) is 47.0 Å². The Bertz CT molecular complexity index is 877. The summed E-state index contributed by atoms with van der Waals surface area (Å²) < 4.78 is 22.8. The van der Waals surface area contributed by atoms with E-state index in [2.05, 4.69) is 28.5 Å². The van der Waals surface area contributed by atoms with Gasteiger partial charge >= 0.3 is 0 Å². The van der Waals surface area contributed by atoms with E-state index in [0.717, 1.165) is 34.3 Å². The molecule has 1 N–H and O–H groups in total. The van der Waals surface area contributed by atoms with Crippen molar-refractivity contribution in [2.24, 2.45) is 0 Å². The number of benzene rings is 2. The number of methoxy groups -OCH3 is 1. The predicted molar refractivity (Wildman–Crippen MR) is 107 cm³/mol. The fraction of sp³-hybridized carbons (Fsp3) is 0.333. The molecular weight excluding hydrogens is 361 g/mol. The van der Waals surface area contributed by atoms with E-state index in [-0.39, 0.29) is 11.2 Å². The highest BCUT2D eigenvalue weighted by Gasteiger charge is 2.20. The molecule has 0 aliphatic rings. The number of aromatic nitrogens is 2. The van der Waals surface area contributed by atoms with Gasteiger partial charge in [0.15, 0.2) is 0 Å². The fourth-order valence-electron chi connectivity index (χ4n) is 2.88. The zero-order chi connectivity index (χ0) is 19.3. The van der Waals surface area contributed by atoms with E-state index in [9.17, 15) is 4.39 Å². The van der Waals surface area contributed by atoms with E-state index in [0.29, 0.717) is 13.0 Å². The highest BCUT2D eigenvalue weighted by atomic mass is 32.1. The second-order valence-electron chi connectivity index (χ2n) is 7.13. The summed E-state index contributed by atoms with van der Waals surface area (Å²) in [5.74, 6) is 1.45. The van der Waals surface area contributed by atoms with Crippen molar-refractivity contribution in [2.45, 2.75) is 32.2 Å². The van der Waals surface area contributed by atoms with Crippen LogP contribution in [-0.2, 0) is 18.4 Å². The summed E-state index contributed by atoms with van der Waals surface area (Å²) in [4.78, 5) is 4.62. The van der Waals surface area contributed by atoms with Gasteiger partial charge in [0.2, 0.25) is 0 Å². The van der Waals surface area contributed by atoms with Crippen LogP contribution in [0.15, 0.2) is 48.5 Å². The lowest BCUT2D eigenvalue weighted by Crippen LogP contribution is -2.32. The molecule has 27 heavy (non-hydrogen) atoms. The molecule has 0 saturated heterocycles. The van der Waals surface area contributed by atoms with Gasteiger partial charge in [-0.05, 0) is 46.9 Å². The molecule has 0 fully saturated rings. The van der Waals surface area contributed by atoms with Crippen molar-refractivity contribution in [1.29, 1.82) is 0 Å². The van der Waals surface area contributed by atoms with Gasteiger partial charge in [0.1, 0.15) is 22.4 Å². The molecule has 6 heteroatoms. The lowest BCUT2D eigenvalue weighted by molar-refractivity contribution is 0.414. The van der Waals surface area contributed by atoms with Crippen molar-refractivity contribution < 1.29 is 9.13 Å². The molecule has 0 aliphatic carbocycles. The quantitative estimate of drug-likeness (QED) is 0.626. The molecule has 3 aromatic rings. The van der Waals surface area contributed by atoms with Gasteiger partial charge in [-0.15, -0.1) is 0 Å². The molecule has 1 aromatic heterocycles. The Morgan fingerprint density at radius 3 is 2.67 bits per heavy atom. The monoisotopic (exact) mass is 385 g/mol. The minimum absolute atomic E-state index is 0.0954. The average molecular weight is 386 g/mol. The molecule has 142 valence electrons. The summed E-state index contributed by atoms with van der Waals surface area (Å²) in [6.07, 6.45) is 0.689. The van der Waals surface area contributed by atoms with Crippen LogP contribution in [0.5, 0.6) is 5.75 Å². The zero-order valence-corrected chi connectivity index (χ0v) is 16.6. The van der Waals surface area contributed by atoms with E-state index in [4.69, 9.17) is 4.74 Å². The average Bonchev–Trinajstić information content (AvgIpc) is 3.09. The van der Waals surface area contributed by atoms with Crippen LogP contribution in [0.25, 0.3) is 0 Å². The van der Waals surface area contributed by atoms with Gasteiger partial charge in [-0.1, -0.05) is 38.1 Å². The lowest BCUT2D eigenvalue weighted by atomic mass is 9.84. The van der Waals surface area contributed by atoms with Crippen molar-refractivity contribution in [3.8, 4) is 5.75 Å². The first-order chi connectivity index (χ1) is 13.0. The molecule has 0 amide bonds. The number of nitrogens with one attached hydrogen (secondary N) is 1. The maximum atomic E-state index is 13.1. The molecule has 1 heterocycles. The van der Waals surface area contributed by atoms with Crippen LogP contribution in [0, 0.1) is 5.82 Å². The first-order valence-electron chi connectivity index (χ1n) is 8.87. The molecule has 0 bridgehead atoms. The van der Waals surface area contributed by atoms with Crippen molar-refractivity contribution in [1.82, 2.24) is 14.7 Å². The smallest absolute Gasteiger partial charge is 0.147 e. The number of rotatable bonds is 8. The van der Waals surface area contributed by atoms with Gasteiger partial charge in [-0.3, -0.25) is 0 Å². The lowest BCUT2D eigenvalue weighted by Gasteiger charge is -2.25. The summed E-state index contributed by atoms with van der Waals surface area (Å²) >= 11 is 1.42. The van der Waals surface area contributed by atoms with E-state index in [1.807, 2.05) is 36.4 Å². The van der Waals surface area contributed by atoms with Gasteiger partial charge in [0.05, 0.1) is 7.11 Å². The van der Waals surface area contributed by atoms with Crippen LogP contribution in [0.4, 0.5) is 4.39 Å². The van der Waals surface area contributed by atoms with Crippen LogP contribution in [-0.4, -0.2) is 23.0 Å². The number of ether oxygens (including phenoxy) is 1. The second-order valence-corrected chi connectivity index (χ2v) is 7.96. The maximum absolute atomic E-state index is 13.1. The van der Waals surface area contributed by atoms with E-state index < -0.39 is 0 Å². The Labute approximate surface area is 163 Å². The van der Waals surface area contributed by atoms with Crippen molar-refractivity contribution in [3.05, 3.63) is 76.3 Å². The predicted octanol–water partition coefficient (Wildman–Crippen LogP) is 4.34. The summed E-state index contributed by atoms with van der Waals surface area (Å²) in [5.41, 5.74) is 2.14. The van der Waals surface area contributed by atoms with Crippen LogP contribution in [0.1, 0.15) is 35.8 Å². The molecule has 3 rings (SSSR count). The molecule has 0 radical (unpaired) electrons. The third-order valence-electron chi connectivity index (χ3n) is 4.48. The number of hydrogen-bond acceptors (Lipinski definition) is 5. The summed E-state index contributed by atoms with van der Waals surface area (Å²) in [6.45, 7) is 5.72. The third kappa shape index (κ3) is 5.34. The molecule has 4 nitrogen and oxygen atoms in total. The first-order valence-corrected chi connectivity index (χ1v) is 9.65. The summed E-state index contributed by atoms with van der Waals surface area (Å²) in [6, 6.07) is 14.6.